The van der Waals surface area contributed by atoms with Crippen LogP contribution in [0.15, 0.2) is 18.2 Å². The highest BCUT2D eigenvalue weighted by molar-refractivity contribution is 5.85. The lowest BCUT2D eigenvalue weighted by Crippen LogP contribution is -2.20. The Morgan fingerprint density at radius 1 is 1.25 bits per heavy atom. The Morgan fingerprint density at radius 3 is 2.50 bits per heavy atom. The van der Waals surface area contributed by atoms with Crippen LogP contribution in [-0.2, 0) is 10.2 Å². The molecule has 1 N–H and O–H groups in total. The van der Waals surface area contributed by atoms with E-state index in [0.29, 0.717) is 24.3 Å². The number of benzene rings is 1. The normalized spacial score (nSPS) is 20.6. The van der Waals surface area contributed by atoms with Gasteiger partial charge in [0.15, 0.2) is 11.5 Å². The molecule has 20 heavy (non-hydrogen) atoms. The molecule has 0 unspecified atom stereocenters. The predicted molar refractivity (Wildman–Crippen MR) is 74.4 cm³/mol. The summed E-state index contributed by atoms with van der Waals surface area (Å²) in [7, 11) is 1.61. The predicted octanol–water partition coefficient (Wildman–Crippen LogP) is 3.13. The third-order valence-electron chi connectivity index (χ3n) is 4.47. The Kier molecular flexibility index (Phi) is 3.32. The first-order valence-electron chi connectivity index (χ1n) is 7.24. The Morgan fingerprint density at radius 2 is 1.95 bits per heavy atom. The number of carboxylic acids is 1. The number of carboxylic acid groups (broad SMARTS) is 1. The van der Waals surface area contributed by atoms with Gasteiger partial charge in [0, 0.05) is 0 Å². The zero-order chi connectivity index (χ0) is 14.2. The topological polar surface area (TPSA) is 55.8 Å². The van der Waals surface area contributed by atoms with Gasteiger partial charge < -0.3 is 14.6 Å². The quantitative estimate of drug-likeness (QED) is 0.897. The lowest BCUT2D eigenvalue weighted by atomic mass is 9.96. The number of rotatable bonds is 5. The standard InChI is InChI=1S/C16H20O4/c1-19-13-7-6-11(16(8-9-16)15(17)18)10-14(13)20-12-4-2-3-5-12/h6-7,10,12H,2-5,8-9H2,1H3,(H,17,18). The second-order valence-corrected chi connectivity index (χ2v) is 5.78. The van der Waals surface area contributed by atoms with Crippen LogP contribution in [0.5, 0.6) is 11.5 Å². The van der Waals surface area contributed by atoms with Crippen molar-refractivity contribution in [1.29, 1.82) is 0 Å². The number of methoxy groups -OCH3 is 1. The van der Waals surface area contributed by atoms with E-state index in [1.807, 2.05) is 18.2 Å². The van der Waals surface area contributed by atoms with Crippen molar-refractivity contribution >= 4 is 5.97 Å². The minimum Gasteiger partial charge on any atom is -0.493 e. The van der Waals surface area contributed by atoms with Crippen molar-refractivity contribution in [3.8, 4) is 11.5 Å². The second kappa shape index (κ2) is 5.00. The van der Waals surface area contributed by atoms with E-state index >= 15 is 0 Å². The fourth-order valence-corrected chi connectivity index (χ4v) is 3.00. The first-order chi connectivity index (χ1) is 9.65. The van der Waals surface area contributed by atoms with E-state index < -0.39 is 11.4 Å². The minimum atomic E-state index is -0.741. The van der Waals surface area contributed by atoms with Crippen LogP contribution < -0.4 is 9.47 Å². The monoisotopic (exact) mass is 276 g/mol. The smallest absolute Gasteiger partial charge is 0.314 e. The molecular formula is C16H20O4. The van der Waals surface area contributed by atoms with E-state index in [2.05, 4.69) is 0 Å². The number of ether oxygens (including phenoxy) is 2. The van der Waals surface area contributed by atoms with Crippen molar-refractivity contribution in [3.05, 3.63) is 23.8 Å². The fourth-order valence-electron chi connectivity index (χ4n) is 3.00. The lowest BCUT2D eigenvalue weighted by molar-refractivity contribution is -0.140. The molecule has 3 rings (SSSR count). The molecule has 0 spiro atoms. The molecule has 0 radical (unpaired) electrons. The summed E-state index contributed by atoms with van der Waals surface area (Å²) in [6.45, 7) is 0. The molecule has 2 fully saturated rings. The van der Waals surface area contributed by atoms with Gasteiger partial charge in [-0.25, -0.2) is 0 Å². The van der Waals surface area contributed by atoms with Crippen LogP contribution in [0.1, 0.15) is 44.1 Å². The number of carbonyl (C=O) groups is 1. The van der Waals surface area contributed by atoms with Gasteiger partial charge in [-0.05, 0) is 56.2 Å². The van der Waals surface area contributed by atoms with E-state index in [0.717, 1.165) is 18.4 Å². The maximum atomic E-state index is 11.4. The third kappa shape index (κ3) is 2.23. The van der Waals surface area contributed by atoms with Crippen LogP contribution >= 0.6 is 0 Å². The van der Waals surface area contributed by atoms with Crippen LogP contribution in [-0.4, -0.2) is 24.3 Å². The zero-order valence-electron chi connectivity index (χ0n) is 11.7. The number of hydrogen-bond acceptors (Lipinski definition) is 3. The molecular weight excluding hydrogens is 256 g/mol. The van der Waals surface area contributed by atoms with Crippen LogP contribution in [0.3, 0.4) is 0 Å². The first kappa shape index (κ1) is 13.3. The molecule has 0 heterocycles. The molecule has 0 amide bonds. The summed E-state index contributed by atoms with van der Waals surface area (Å²) in [5.74, 6) is 0.626. The number of hydrogen-bond donors (Lipinski definition) is 1. The Labute approximate surface area is 118 Å². The minimum absolute atomic E-state index is 0.235. The second-order valence-electron chi connectivity index (χ2n) is 5.78. The highest BCUT2D eigenvalue weighted by Gasteiger charge is 2.52. The van der Waals surface area contributed by atoms with Crippen molar-refractivity contribution in [2.45, 2.75) is 50.0 Å². The molecule has 0 atom stereocenters. The van der Waals surface area contributed by atoms with Gasteiger partial charge in [-0.15, -0.1) is 0 Å². The molecule has 2 saturated carbocycles. The van der Waals surface area contributed by atoms with Gasteiger partial charge in [-0.3, -0.25) is 4.79 Å². The highest BCUT2D eigenvalue weighted by Crippen LogP contribution is 2.50. The van der Waals surface area contributed by atoms with Crippen molar-refractivity contribution in [2.24, 2.45) is 0 Å². The molecule has 1 aromatic rings. The fraction of sp³-hybridized carbons (Fsp3) is 0.562. The van der Waals surface area contributed by atoms with Gasteiger partial charge in [-0.2, -0.15) is 0 Å². The van der Waals surface area contributed by atoms with Crippen molar-refractivity contribution in [3.63, 3.8) is 0 Å². The van der Waals surface area contributed by atoms with E-state index in [4.69, 9.17) is 9.47 Å². The summed E-state index contributed by atoms with van der Waals surface area (Å²) in [5.41, 5.74) is 0.138. The van der Waals surface area contributed by atoms with Crippen LogP contribution in [0.2, 0.25) is 0 Å². The summed E-state index contributed by atoms with van der Waals surface area (Å²) in [5, 5.41) is 9.39. The average molecular weight is 276 g/mol. The largest absolute Gasteiger partial charge is 0.493 e. The molecule has 2 aliphatic rings. The van der Waals surface area contributed by atoms with Crippen molar-refractivity contribution < 1.29 is 19.4 Å². The molecule has 4 nitrogen and oxygen atoms in total. The van der Waals surface area contributed by atoms with Gasteiger partial charge in [-0.1, -0.05) is 6.07 Å². The Balaban J connectivity index is 1.88. The molecule has 0 aliphatic heterocycles. The molecule has 108 valence electrons. The summed E-state index contributed by atoms with van der Waals surface area (Å²) in [6.07, 6.45) is 6.18. The first-order valence-corrected chi connectivity index (χ1v) is 7.24. The third-order valence-corrected chi connectivity index (χ3v) is 4.47. The zero-order valence-corrected chi connectivity index (χ0v) is 11.7. The average Bonchev–Trinajstić information content (AvgIpc) is 3.12. The summed E-state index contributed by atoms with van der Waals surface area (Å²) >= 11 is 0. The maximum absolute atomic E-state index is 11.4. The SMILES string of the molecule is COc1ccc(C2(C(=O)O)CC2)cc1OC1CCCC1. The van der Waals surface area contributed by atoms with Gasteiger partial charge in [0.2, 0.25) is 0 Å². The molecule has 0 saturated heterocycles. The molecule has 0 bridgehead atoms. The molecule has 0 aromatic heterocycles. The van der Waals surface area contributed by atoms with Gasteiger partial charge in [0.1, 0.15) is 0 Å². The van der Waals surface area contributed by atoms with Crippen LogP contribution in [0.4, 0.5) is 0 Å². The summed E-state index contributed by atoms with van der Waals surface area (Å²) < 4.78 is 11.4. The van der Waals surface area contributed by atoms with E-state index in [1.54, 1.807) is 7.11 Å². The maximum Gasteiger partial charge on any atom is 0.314 e. The molecule has 1 aromatic carbocycles. The van der Waals surface area contributed by atoms with E-state index in [-0.39, 0.29) is 6.10 Å². The van der Waals surface area contributed by atoms with Gasteiger partial charge in [0.05, 0.1) is 18.6 Å². The van der Waals surface area contributed by atoms with Crippen molar-refractivity contribution in [1.82, 2.24) is 0 Å². The summed E-state index contributed by atoms with van der Waals surface area (Å²) in [6, 6.07) is 5.53. The lowest BCUT2D eigenvalue weighted by Gasteiger charge is -2.18. The van der Waals surface area contributed by atoms with E-state index in [9.17, 15) is 9.90 Å². The molecule has 2 aliphatic carbocycles. The summed E-state index contributed by atoms with van der Waals surface area (Å²) in [4.78, 5) is 11.4. The van der Waals surface area contributed by atoms with Gasteiger partial charge in [0.25, 0.3) is 0 Å². The molecule has 4 heteroatoms. The number of aliphatic carboxylic acids is 1. The Bertz CT molecular complexity index is 513. The Hall–Kier alpha value is -1.71. The van der Waals surface area contributed by atoms with Crippen LogP contribution in [0.25, 0.3) is 0 Å². The van der Waals surface area contributed by atoms with Crippen LogP contribution in [0, 0.1) is 0 Å². The van der Waals surface area contributed by atoms with Crippen molar-refractivity contribution in [2.75, 3.05) is 7.11 Å². The van der Waals surface area contributed by atoms with E-state index in [1.165, 1.54) is 12.8 Å². The highest BCUT2D eigenvalue weighted by atomic mass is 16.5. The van der Waals surface area contributed by atoms with Gasteiger partial charge >= 0.3 is 5.97 Å².